The van der Waals surface area contributed by atoms with Crippen LogP contribution in [0.25, 0.3) is 0 Å². The van der Waals surface area contributed by atoms with E-state index in [1.807, 2.05) is 19.1 Å². The second-order valence-corrected chi connectivity index (χ2v) is 5.27. The average Bonchev–Trinajstić information content (AvgIpc) is 2.81. The van der Waals surface area contributed by atoms with Gasteiger partial charge in [0.05, 0.1) is 12.1 Å². The molecule has 0 bridgehead atoms. The van der Waals surface area contributed by atoms with Crippen molar-refractivity contribution in [3.63, 3.8) is 0 Å². The summed E-state index contributed by atoms with van der Waals surface area (Å²) in [5, 5.41) is 11.7. The van der Waals surface area contributed by atoms with Gasteiger partial charge in [-0.15, -0.1) is 11.3 Å². The minimum absolute atomic E-state index is 0.0664. The summed E-state index contributed by atoms with van der Waals surface area (Å²) in [4.78, 5) is 28.9. The zero-order chi connectivity index (χ0) is 13.8. The Morgan fingerprint density at radius 2 is 2.16 bits per heavy atom. The van der Waals surface area contributed by atoms with Gasteiger partial charge in [-0.25, -0.2) is 4.79 Å². The van der Waals surface area contributed by atoms with Crippen LogP contribution in [-0.2, 0) is 6.54 Å². The summed E-state index contributed by atoms with van der Waals surface area (Å²) < 4.78 is 0. The molecule has 0 spiro atoms. The van der Waals surface area contributed by atoms with Crippen LogP contribution >= 0.6 is 11.3 Å². The number of pyridine rings is 1. The quantitative estimate of drug-likeness (QED) is 0.896. The maximum absolute atomic E-state index is 11.9. The number of nitrogens with one attached hydrogen (secondary N) is 1. The number of thiophene rings is 1. The largest absolute Gasteiger partial charge is 0.478 e. The number of carboxylic acids is 1. The molecule has 1 amide bonds. The zero-order valence-electron chi connectivity index (χ0n) is 10.2. The monoisotopic (exact) mass is 276 g/mol. The van der Waals surface area contributed by atoms with Crippen LogP contribution in [0.3, 0.4) is 0 Å². The molecule has 0 unspecified atom stereocenters. The summed E-state index contributed by atoms with van der Waals surface area (Å²) >= 11 is 1.58. The number of rotatable bonds is 4. The number of hydrogen-bond donors (Lipinski definition) is 2. The highest BCUT2D eigenvalue weighted by Gasteiger charge is 2.17. The van der Waals surface area contributed by atoms with Crippen LogP contribution in [0.4, 0.5) is 0 Å². The van der Waals surface area contributed by atoms with Crippen molar-refractivity contribution in [1.29, 1.82) is 0 Å². The van der Waals surface area contributed by atoms with Crippen LogP contribution in [0.15, 0.2) is 30.5 Å². The molecule has 0 fully saturated rings. The van der Waals surface area contributed by atoms with Crippen LogP contribution in [0.2, 0.25) is 0 Å². The van der Waals surface area contributed by atoms with Crippen molar-refractivity contribution in [2.75, 3.05) is 0 Å². The number of amides is 1. The molecule has 0 saturated carbocycles. The predicted octanol–water partition coefficient (Wildman–Crippen LogP) is 2.08. The SMILES string of the molecule is Cc1ccc(CNC(=O)c2ncccc2C(=O)O)s1. The van der Waals surface area contributed by atoms with Crippen LogP contribution in [0.1, 0.15) is 30.6 Å². The second kappa shape index (κ2) is 5.62. The Labute approximate surface area is 113 Å². The van der Waals surface area contributed by atoms with Crippen LogP contribution in [0, 0.1) is 6.92 Å². The summed E-state index contributed by atoms with van der Waals surface area (Å²) in [5.41, 5.74) is -0.161. The molecular weight excluding hydrogens is 264 g/mol. The average molecular weight is 276 g/mol. The molecule has 0 radical (unpaired) electrons. The van der Waals surface area contributed by atoms with E-state index in [0.717, 1.165) is 9.75 Å². The lowest BCUT2D eigenvalue weighted by molar-refractivity contribution is 0.0690. The van der Waals surface area contributed by atoms with Crippen molar-refractivity contribution < 1.29 is 14.7 Å². The Hall–Kier alpha value is -2.21. The molecule has 0 aliphatic rings. The fourth-order valence-electron chi connectivity index (χ4n) is 1.59. The van der Waals surface area contributed by atoms with E-state index in [-0.39, 0.29) is 11.3 Å². The Kier molecular flexibility index (Phi) is 3.91. The third-order valence-corrected chi connectivity index (χ3v) is 3.47. The molecule has 5 nitrogen and oxygen atoms in total. The normalized spacial score (nSPS) is 10.2. The first-order chi connectivity index (χ1) is 9.08. The van der Waals surface area contributed by atoms with Gasteiger partial charge in [0.25, 0.3) is 5.91 Å². The predicted molar refractivity (Wildman–Crippen MR) is 71.4 cm³/mol. The number of aromatic carboxylic acids is 1. The number of hydrogen-bond acceptors (Lipinski definition) is 4. The number of carboxylic acid groups (broad SMARTS) is 1. The smallest absolute Gasteiger partial charge is 0.338 e. The number of aryl methyl sites for hydroxylation is 1. The maximum Gasteiger partial charge on any atom is 0.338 e. The molecule has 98 valence electrons. The third kappa shape index (κ3) is 3.17. The fraction of sp³-hybridized carbons (Fsp3) is 0.154. The standard InChI is InChI=1S/C13H12N2O3S/c1-8-4-5-9(19-8)7-15-12(16)11-10(13(17)18)3-2-6-14-11/h2-6H,7H2,1H3,(H,15,16)(H,17,18). The molecule has 0 aromatic carbocycles. The van der Waals surface area contributed by atoms with E-state index in [2.05, 4.69) is 10.3 Å². The van der Waals surface area contributed by atoms with Gasteiger partial charge in [0.2, 0.25) is 0 Å². The van der Waals surface area contributed by atoms with Gasteiger partial charge in [-0.3, -0.25) is 9.78 Å². The highest BCUT2D eigenvalue weighted by Crippen LogP contribution is 2.14. The molecule has 19 heavy (non-hydrogen) atoms. The topological polar surface area (TPSA) is 79.3 Å². The first-order valence-corrected chi connectivity index (χ1v) is 6.41. The lowest BCUT2D eigenvalue weighted by atomic mass is 10.2. The van der Waals surface area contributed by atoms with E-state index in [1.165, 1.54) is 18.3 Å². The number of carbonyl (C=O) groups is 2. The van der Waals surface area contributed by atoms with Gasteiger partial charge in [-0.05, 0) is 31.2 Å². The number of carbonyl (C=O) groups excluding carboxylic acids is 1. The molecule has 6 heteroatoms. The van der Waals surface area contributed by atoms with Crippen molar-refractivity contribution in [1.82, 2.24) is 10.3 Å². The van der Waals surface area contributed by atoms with Crippen molar-refractivity contribution >= 4 is 23.2 Å². The summed E-state index contributed by atoms with van der Waals surface area (Å²) in [7, 11) is 0. The van der Waals surface area contributed by atoms with Gasteiger partial charge in [0, 0.05) is 16.0 Å². The van der Waals surface area contributed by atoms with Crippen LogP contribution < -0.4 is 5.32 Å². The Morgan fingerprint density at radius 3 is 2.79 bits per heavy atom. The molecule has 0 aliphatic carbocycles. The van der Waals surface area contributed by atoms with E-state index >= 15 is 0 Å². The molecule has 0 aliphatic heterocycles. The minimum Gasteiger partial charge on any atom is -0.478 e. The number of aromatic nitrogens is 1. The molecular formula is C13H12N2O3S. The van der Waals surface area contributed by atoms with E-state index in [4.69, 9.17) is 5.11 Å². The maximum atomic E-state index is 11.9. The summed E-state index contributed by atoms with van der Waals surface area (Å²) in [6, 6.07) is 6.74. The molecule has 2 aromatic rings. The molecule has 2 N–H and O–H groups in total. The van der Waals surface area contributed by atoms with Crippen molar-refractivity contribution in [2.45, 2.75) is 13.5 Å². The van der Waals surface area contributed by atoms with Gasteiger partial charge in [0.1, 0.15) is 5.69 Å². The lowest BCUT2D eigenvalue weighted by Crippen LogP contribution is -2.25. The van der Waals surface area contributed by atoms with Crippen molar-refractivity contribution in [3.8, 4) is 0 Å². The highest BCUT2D eigenvalue weighted by atomic mass is 32.1. The third-order valence-electron chi connectivity index (χ3n) is 2.47. The van der Waals surface area contributed by atoms with E-state index in [1.54, 1.807) is 11.3 Å². The minimum atomic E-state index is -1.16. The molecule has 2 rings (SSSR count). The Balaban J connectivity index is 2.10. The molecule has 0 atom stereocenters. The van der Waals surface area contributed by atoms with E-state index in [0.29, 0.717) is 6.54 Å². The van der Waals surface area contributed by atoms with E-state index in [9.17, 15) is 9.59 Å². The number of nitrogens with zero attached hydrogens (tertiary/aromatic N) is 1. The van der Waals surface area contributed by atoms with Gasteiger partial charge in [-0.1, -0.05) is 0 Å². The lowest BCUT2D eigenvalue weighted by Gasteiger charge is -2.05. The zero-order valence-corrected chi connectivity index (χ0v) is 11.0. The Morgan fingerprint density at radius 1 is 1.37 bits per heavy atom. The fourth-order valence-corrected chi connectivity index (χ4v) is 2.42. The second-order valence-electron chi connectivity index (χ2n) is 3.90. The van der Waals surface area contributed by atoms with Crippen LogP contribution in [-0.4, -0.2) is 22.0 Å². The highest BCUT2D eigenvalue weighted by molar-refractivity contribution is 7.11. The van der Waals surface area contributed by atoms with Crippen molar-refractivity contribution in [3.05, 3.63) is 51.5 Å². The van der Waals surface area contributed by atoms with Gasteiger partial charge in [-0.2, -0.15) is 0 Å². The van der Waals surface area contributed by atoms with Gasteiger partial charge < -0.3 is 10.4 Å². The van der Waals surface area contributed by atoms with Gasteiger partial charge in [0.15, 0.2) is 0 Å². The molecule has 2 heterocycles. The summed E-state index contributed by atoms with van der Waals surface area (Å²) in [6.07, 6.45) is 1.40. The summed E-state index contributed by atoms with van der Waals surface area (Å²) in [6.45, 7) is 2.35. The van der Waals surface area contributed by atoms with Gasteiger partial charge >= 0.3 is 5.97 Å². The first kappa shape index (κ1) is 13.2. The first-order valence-electron chi connectivity index (χ1n) is 5.60. The van der Waals surface area contributed by atoms with E-state index < -0.39 is 11.9 Å². The Bertz CT molecular complexity index is 622. The van der Waals surface area contributed by atoms with Crippen LogP contribution in [0.5, 0.6) is 0 Å². The van der Waals surface area contributed by atoms with Crippen molar-refractivity contribution in [2.24, 2.45) is 0 Å². The molecule has 2 aromatic heterocycles. The molecule has 0 saturated heterocycles. The summed E-state index contributed by atoms with van der Waals surface area (Å²) in [5.74, 6) is -1.64.